The van der Waals surface area contributed by atoms with E-state index in [1.807, 2.05) is 11.0 Å². The third kappa shape index (κ3) is 5.95. The van der Waals surface area contributed by atoms with Crippen LogP contribution in [0, 0.1) is 5.82 Å². The van der Waals surface area contributed by atoms with Gasteiger partial charge in [-0.3, -0.25) is 9.59 Å². The number of hydrogen-bond donors (Lipinski definition) is 1. The van der Waals surface area contributed by atoms with Gasteiger partial charge in [0.25, 0.3) is 0 Å². The first-order valence-corrected chi connectivity index (χ1v) is 8.90. The maximum Gasteiger partial charge on any atom is 0.222 e. The van der Waals surface area contributed by atoms with Crippen molar-refractivity contribution < 1.29 is 14.0 Å². The van der Waals surface area contributed by atoms with Crippen LogP contribution in [0.15, 0.2) is 24.3 Å². The maximum atomic E-state index is 13.1. The van der Waals surface area contributed by atoms with Gasteiger partial charge in [0.1, 0.15) is 5.82 Å². The highest BCUT2D eigenvalue weighted by molar-refractivity contribution is 5.77. The van der Waals surface area contributed by atoms with Crippen molar-refractivity contribution in [1.82, 2.24) is 10.2 Å². The Morgan fingerprint density at radius 2 is 2.00 bits per heavy atom. The van der Waals surface area contributed by atoms with Crippen LogP contribution in [-0.4, -0.2) is 35.8 Å². The molecule has 1 heterocycles. The molecule has 1 fully saturated rings. The van der Waals surface area contributed by atoms with E-state index in [-0.39, 0.29) is 23.7 Å². The van der Waals surface area contributed by atoms with Gasteiger partial charge in [-0.25, -0.2) is 4.39 Å². The van der Waals surface area contributed by atoms with E-state index in [1.165, 1.54) is 12.1 Å². The van der Waals surface area contributed by atoms with Gasteiger partial charge in [0.05, 0.1) is 0 Å². The molecule has 1 aliphatic rings. The minimum absolute atomic E-state index is 0.00461. The molecule has 0 aromatic heterocycles. The molecule has 1 saturated heterocycles. The Balaban J connectivity index is 1.67. The van der Waals surface area contributed by atoms with Gasteiger partial charge >= 0.3 is 0 Å². The van der Waals surface area contributed by atoms with Crippen LogP contribution < -0.4 is 5.32 Å². The second kappa shape index (κ2) is 9.40. The Morgan fingerprint density at radius 1 is 1.25 bits per heavy atom. The summed E-state index contributed by atoms with van der Waals surface area (Å²) in [6, 6.07) is 6.50. The first kappa shape index (κ1) is 18.4. The van der Waals surface area contributed by atoms with Crippen LogP contribution in [0.5, 0.6) is 0 Å². The number of hydrogen-bond acceptors (Lipinski definition) is 2. The van der Waals surface area contributed by atoms with Gasteiger partial charge < -0.3 is 10.2 Å². The molecule has 0 atom stereocenters. The van der Waals surface area contributed by atoms with Crippen LogP contribution in [0.2, 0.25) is 0 Å². The topological polar surface area (TPSA) is 49.4 Å². The van der Waals surface area contributed by atoms with E-state index in [4.69, 9.17) is 0 Å². The Kier molecular flexibility index (Phi) is 7.22. The summed E-state index contributed by atoms with van der Waals surface area (Å²) in [5.41, 5.74) is 0.835. The fraction of sp³-hybridized carbons (Fsp3) is 0.579. The Morgan fingerprint density at radius 3 is 2.67 bits per heavy atom. The highest BCUT2D eigenvalue weighted by Gasteiger charge is 2.23. The number of amides is 2. The number of carbonyl (C=O) groups excluding carboxylic acids is 2. The van der Waals surface area contributed by atoms with Crippen molar-refractivity contribution in [2.24, 2.45) is 0 Å². The summed E-state index contributed by atoms with van der Waals surface area (Å²) >= 11 is 0. The zero-order valence-electron chi connectivity index (χ0n) is 14.4. The van der Waals surface area contributed by atoms with E-state index in [0.717, 1.165) is 44.3 Å². The molecule has 24 heavy (non-hydrogen) atoms. The lowest BCUT2D eigenvalue weighted by Crippen LogP contribution is -2.46. The molecular formula is C19H27FN2O2. The molecule has 0 aliphatic carbocycles. The van der Waals surface area contributed by atoms with Crippen LogP contribution in [0.1, 0.15) is 51.0 Å². The standard InChI is InChI=1S/C19H27FN2O2/c1-2-3-7-19(24)22-12-10-17(11-13-22)21-18(23)9-8-15-5-4-6-16(20)14-15/h4-6,14,17H,2-3,7-13H2,1H3,(H,21,23). The van der Waals surface area contributed by atoms with Gasteiger partial charge in [-0.2, -0.15) is 0 Å². The van der Waals surface area contributed by atoms with Crippen molar-refractivity contribution in [3.05, 3.63) is 35.6 Å². The lowest BCUT2D eigenvalue weighted by Gasteiger charge is -2.32. The highest BCUT2D eigenvalue weighted by Crippen LogP contribution is 2.13. The summed E-state index contributed by atoms with van der Waals surface area (Å²) in [5.74, 6) is -0.0456. The maximum absolute atomic E-state index is 13.1. The third-order valence-corrected chi connectivity index (χ3v) is 4.49. The van der Waals surface area contributed by atoms with Crippen LogP contribution in [0.4, 0.5) is 4.39 Å². The van der Waals surface area contributed by atoms with Crippen LogP contribution in [-0.2, 0) is 16.0 Å². The van der Waals surface area contributed by atoms with Crippen molar-refractivity contribution in [3.8, 4) is 0 Å². The van der Waals surface area contributed by atoms with Gasteiger partial charge in [-0.1, -0.05) is 25.5 Å². The molecule has 0 bridgehead atoms. The van der Waals surface area contributed by atoms with Crippen LogP contribution in [0.3, 0.4) is 0 Å². The Labute approximate surface area is 143 Å². The molecule has 4 nitrogen and oxygen atoms in total. The molecule has 0 unspecified atom stereocenters. The summed E-state index contributed by atoms with van der Waals surface area (Å²) in [5, 5.41) is 3.04. The number of aryl methyl sites for hydroxylation is 1. The summed E-state index contributed by atoms with van der Waals surface area (Å²) in [6.07, 6.45) is 5.12. The number of unbranched alkanes of at least 4 members (excludes halogenated alkanes) is 1. The van der Waals surface area contributed by atoms with Crippen molar-refractivity contribution in [3.63, 3.8) is 0 Å². The molecule has 1 N–H and O–H groups in total. The first-order valence-electron chi connectivity index (χ1n) is 8.90. The fourth-order valence-electron chi connectivity index (χ4n) is 3.01. The number of nitrogens with one attached hydrogen (secondary N) is 1. The molecule has 2 rings (SSSR count). The second-order valence-electron chi connectivity index (χ2n) is 6.46. The number of rotatable bonds is 7. The van der Waals surface area contributed by atoms with Crippen LogP contribution >= 0.6 is 0 Å². The Bertz CT molecular complexity index is 554. The summed E-state index contributed by atoms with van der Waals surface area (Å²) in [4.78, 5) is 25.9. The minimum Gasteiger partial charge on any atom is -0.353 e. The number of halogens is 1. The van der Waals surface area contributed by atoms with E-state index in [9.17, 15) is 14.0 Å². The zero-order chi connectivity index (χ0) is 17.4. The highest BCUT2D eigenvalue weighted by atomic mass is 19.1. The monoisotopic (exact) mass is 334 g/mol. The summed E-state index contributed by atoms with van der Waals surface area (Å²) in [7, 11) is 0. The summed E-state index contributed by atoms with van der Waals surface area (Å²) < 4.78 is 13.1. The molecular weight excluding hydrogens is 307 g/mol. The van der Waals surface area contributed by atoms with E-state index in [2.05, 4.69) is 12.2 Å². The molecule has 0 radical (unpaired) electrons. The molecule has 2 amide bonds. The summed E-state index contributed by atoms with van der Waals surface area (Å²) in [6.45, 7) is 3.52. The second-order valence-corrected chi connectivity index (χ2v) is 6.46. The largest absolute Gasteiger partial charge is 0.353 e. The van der Waals surface area contributed by atoms with Crippen LogP contribution in [0.25, 0.3) is 0 Å². The fourth-order valence-corrected chi connectivity index (χ4v) is 3.01. The SMILES string of the molecule is CCCCC(=O)N1CCC(NC(=O)CCc2cccc(F)c2)CC1. The normalized spacial score (nSPS) is 15.3. The van der Waals surface area contributed by atoms with Gasteiger partial charge in [0, 0.05) is 32.0 Å². The molecule has 0 saturated carbocycles. The molecule has 1 aromatic rings. The first-order chi connectivity index (χ1) is 11.6. The van der Waals surface area contributed by atoms with Gasteiger partial charge in [-0.15, -0.1) is 0 Å². The number of carbonyl (C=O) groups is 2. The van der Waals surface area contributed by atoms with Crippen molar-refractivity contribution in [2.45, 2.75) is 57.9 Å². The molecule has 1 aliphatic heterocycles. The zero-order valence-corrected chi connectivity index (χ0v) is 14.4. The van der Waals surface area contributed by atoms with E-state index in [1.54, 1.807) is 6.07 Å². The molecule has 132 valence electrons. The van der Waals surface area contributed by atoms with Gasteiger partial charge in [0.2, 0.25) is 11.8 Å². The van der Waals surface area contributed by atoms with Crippen molar-refractivity contribution in [2.75, 3.05) is 13.1 Å². The Hall–Kier alpha value is -1.91. The quantitative estimate of drug-likeness (QED) is 0.833. The van der Waals surface area contributed by atoms with Gasteiger partial charge in [0.15, 0.2) is 0 Å². The smallest absolute Gasteiger partial charge is 0.222 e. The average Bonchev–Trinajstić information content (AvgIpc) is 2.58. The number of likely N-dealkylation sites (tertiary alicyclic amines) is 1. The third-order valence-electron chi connectivity index (χ3n) is 4.49. The lowest BCUT2D eigenvalue weighted by molar-refractivity contribution is -0.132. The van der Waals surface area contributed by atoms with Crippen molar-refractivity contribution >= 4 is 11.8 Å². The van der Waals surface area contributed by atoms with E-state index in [0.29, 0.717) is 19.3 Å². The predicted octanol–water partition coefficient (Wildman–Crippen LogP) is 3.06. The molecule has 1 aromatic carbocycles. The minimum atomic E-state index is -0.270. The molecule has 5 heteroatoms. The van der Waals surface area contributed by atoms with Gasteiger partial charge in [-0.05, 0) is 43.4 Å². The number of benzene rings is 1. The van der Waals surface area contributed by atoms with E-state index >= 15 is 0 Å². The number of piperidine rings is 1. The average molecular weight is 334 g/mol. The van der Waals surface area contributed by atoms with Crippen molar-refractivity contribution in [1.29, 1.82) is 0 Å². The predicted molar refractivity (Wildman–Crippen MR) is 92.0 cm³/mol. The van der Waals surface area contributed by atoms with E-state index < -0.39 is 0 Å². The number of nitrogens with zero attached hydrogens (tertiary/aromatic N) is 1. The molecule has 0 spiro atoms. The lowest BCUT2D eigenvalue weighted by atomic mass is 10.0.